The average molecular weight is 523 g/mol. The first kappa shape index (κ1) is 25.4. The molecule has 0 aromatic heterocycles. The Hall–Kier alpha value is -1.88. The molecule has 0 radical (unpaired) electrons. The second kappa shape index (κ2) is 9.32. The first-order valence-corrected chi connectivity index (χ1v) is 12.4. The van der Waals surface area contributed by atoms with E-state index in [1.54, 1.807) is 32.9 Å². The van der Waals surface area contributed by atoms with E-state index in [9.17, 15) is 22.4 Å². The van der Waals surface area contributed by atoms with Crippen LogP contribution in [0.3, 0.4) is 0 Å². The van der Waals surface area contributed by atoms with Crippen LogP contribution in [0.1, 0.15) is 34.6 Å². The average Bonchev–Trinajstić information content (AvgIpc) is 2.57. The fourth-order valence-corrected chi connectivity index (χ4v) is 4.42. The van der Waals surface area contributed by atoms with Crippen molar-refractivity contribution in [1.29, 1.82) is 0 Å². The van der Waals surface area contributed by atoms with E-state index in [0.29, 0.717) is 10.2 Å². The molecule has 2 rings (SSSR count). The summed E-state index contributed by atoms with van der Waals surface area (Å²) in [5.41, 5.74) is -0.417. The molecule has 1 aliphatic heterocycles. The minimum Gasteiger partial charge on any atom is -0.461 e. The molecule has 31 heavy (non-hydrogen) atoms. The lowest BCUT2D eigenvalue weighted by molar-refractivity contribution is -0.122. The zero-order valence-corrected chi connectivity index (χ0v) is 20.8. The van der Waals surface area contributed by atoms with Crippen molar-refractivity contribution in [3.05, 3.63) is 22.7 Å². The van der Waals surface area contributed by atoms with Crippen LogP contribution >= 0.6 is 15.9 Å². The summed E-state index contributed by atoms with van der Waals surface area (Å²) in [6.07, 6.45) is -1.23. The molecule has 0 aliphatic carbocycles. The number of hydrogen-bond acceptors (Lipinski definition) is 6. The summed E-state index contributed by atoms with van der Waals surface area (Å²) < 4.78 is 48.9. The van der Waals surface area contributed by atoms with E-state index >= 15 is 0 Å². The Morgan fingerprint density at radius 1 is 1.26 bits per heavy atom. The molecule has 1 aromatic carbocycles. The van der Waals surface area contributed by atoms with E-state index in [2.05, 4.69) is 15.9 Å². The number of carbonyl (C=O) groups is 2. The number of hydrogen-bond donors (Lipinski definition) is 0. The Bertz CT molecular complexity index is 947. The fraction of sp³-hybridized carbons (Fsp3) is 0.600. The number of amides is 2. The normalized spacial score (nSPS) is 19.7. The summed E-state index contributed by atoms with van der Waals surface area (Å²) >= 11 is 3.31. The lowest BCUT2D eigenvalue weighted by Gasteiger charge is -2.43. The largest absolute Gasteiger partial charge is 0.461 e. The molecule has 0 spiro atoms. The summed E-state index contributed by atoms with van der Waals surface area (Å²) in [4.78, 5) is 28.2. The number of carbonyl (C=O) groups excluding carboxylic acids is 2. The zero-order chi connectivity index (χ0) is 23.7. The maximum Gasteiger partial charge on any atom is 0.411 e. The molecule has 0 N–H and O–H groups in total. The van der Waals surface area contributed by atoms with Gasteiger partial charge in [-0.2, -0.15) is 0 Å². The minimum atomic E-state index is -3.54. The van der Waals surface area contributed by atoms with Crippen molar-refractivity contribution in [2.24, 2.45) is 0 Å². The quantitative estimate of drug-likeness (QED) is 0.587. The number of halogens is 2. The van der Waals surface area contributed by atoms with Gasteiger partial charge in [-0.15, -0.1) is 0 Å². The van der Waals surface area contributed by atoms with E-state index in [0.717, 1.165) is 11.2 Å². The predicted molar refractivity (Wildman–Crippen MR) is 119 cm³/mol. The van der Waals surface area contributed by atoms with E-state index in [1.165, 1.54) is 24.8 Å². The topological polar surface area (TPSA) is 93.2 Å². The highest BCUT2D eigenvalue weighted by atomic mass is 79.9. The number of piperazine rings is 1. The zero-order valence-electron chi connectivity index (χ0n) is 18.4. The van der Waals surface area contributed by atoms with E-state index in [-0.39, 0.29) is 18.8 Å². The van der Waals surface area contributed by atoms with Gasteiger partial charge in [-0.1, -0.05) is 15.9 Å². The monoisotopic (exact) mass is 522 g/mol. The Morgan fingerprint density at radius 3 is 2.39 bits per heavy atom. The maximum atomic E-state index is 13.3. The number of sulfone groups is 1. The van der Waals surface area contributed by atoms with E-state index in [1.807, 2.05) is 0 Å². The van der Waals surface area contributed by atoms with Crippen LogP contribution in [-0.4, -0.2) is 67.9 Å². The van der Waals surface area contributed by atoms with Crippen LogP contribution in [0.2, 0.25) is 0 Å². The summed E-state index contributed by atoms with van der Waals surface area (Å²) in [5, 5.41) is -0.954. The Morgan fingerprint density at radius 2 is 1.87 bits per heavy atom. The van der Waals surface area contributed by atoms with Gasteiger partial charge < -0.3 is 14.4 Å². The lowest BCUT2D eigenvalue weighted by Crippen LogP contribution is -2.63. The van der Waals surface area contributed by atoms with Gasteiger partial charge in [0.1, 0.15) is 17.9 Å². The summed E-state index contributed by atoms with van der Waals surface area (Å²) in [5.74, 6) is -0.227. The van der Waals surface area contributed by atoms with Gasteiger partial charge in [-0.25, -0.2) is 17.6 Å². The number of anilines is 1. The van der Waals surface area contributed by atoms with Crippen LogP contribution in [0.15, 0.2) is 22.7 Å². The van der Waals surface area contributed by atoms with Crippen LogP contribution in [0, 0.1) is 0 Å². The first-order valence-electron chi connectivity index (χ1n) is 9.68. The molecule has 1 aliphatic rings. The minimum absolute atomic E-state index is 0.0760. The van der Waals surface area contributed by atoms with Gasteiger partial charge in [0.25, 0.3) is 0 Å². The summed E-state index contributed by atoms with van der Waals surface area (Å²) in [7, 11) is -3.54. The molecule has 1 heterocycles. The van der Waals surface area contributed by atoms with Crippen LogP contribution in [0.4, 0.5) is 14.9 Å². The van der Waals surface area contributed by atoms with Crippen molar-refractivity contribution in [3.63, 3.8) is 0 Å². The Labute approximate surface area is 190 Å². The molecule has 0 saturated carbocycles. The molecule has 11 heteroatoms. The van der Waals surface area contributed by atoms with Gasteiger partial charge >= 0.3 is 6.09 Å². The van der Waals surface area contributed by atoms with Crippen molar-refractivity contribution >= 4 is 43.5 Å². The molecule has 1 saturated heterocycles. The second-order valence-electron chi connectivity index (χ2n) is 8.52. The maximum absolute atomic E-state index is 13.3. The predicted octanol–water partition coefficient (Wildman–Crippen LogP) is 3.53. The van der Waals surface area contributed by atoms with Crippen LogP contribution in [0.25, 0.3) is 0 Å². The van der Waals surface area contributed by atoms with Gasteiger partial charge in [-0.3, -0.25) is 9.69 Å². The Balaban J connectivity index is 2.43. The second-order valence-corrected chi connectivity index (χ2v) is 11.8. The summed E-state index contributed by atoms with van der Waals surface area (Å²) in [6, 6.07) is 3.84. The highest BCUT2D eigenvalue weighted by Gasteiger charge is 2.43. The molecule has 8 nitrogen and oxygen atoms in total. The Kier molecular flexibility index (Phi) is 7.63. The molecule has 0 bridgehead atoms. The number of benzene rings is 1. The van der Waals surface area contributed by atoms with Crippen molar-refractivity contribution in [2.75, 3.05) is 24.2 Å². The third-order valence-corrected chi connectivity index (χ3v) is 6.81. The standard InChI is InChI=1S/C20H28BrFN2O6S/c1-12(31(6,27)28)17-10-23(15-7-14(21)8-16(9-15)29-13(2)22)18(25)11-24(17)19(26)30-20(3,4)5/h7-9,12-13,17H,10-11H2,1-6H3/t12?,13?,17-/m0/s1. The number of nitrogens with zero attached hydrogens (tertiary/aromatic N) is 2. The highest BCUT2D eigenvalue weighted by molar-refractivity contribution is 9.10. The first-order chi connectivity index (χ1) is 14.1. The van der Waals surface area contributed by atoms with Crippen LogP contribution in [0.5, 0.6) is 5.75 Å². The van der Waals surface area contributed by atoms with Gasteiger partial charge in [0, 0.05) is 36.0 Å². The molecule has 2 unspecified atom stereocenters. The van der Waals surface area contributed by atoms with Crippen molar-refractivity contribution in [3.8, 4) is 5.75 Å². The third-order valence-electron chi connectivity index (χ3n) is 4.69. The van der Waals surface area contributed by atoms with E-state index < -0.39 is 45.1 Å². The van der Waals surface area contributed by atoms with Crippen molar-refractivity contribution < 1.29 is 31.9 Å². The molecule has 2 amide bonds. The molecular weight excluding hydrogens is 495 g/mol. The van der Waals surface area contributed by atoms with Gasteiger partial charge in [-0.05, 0) is 39.8 Å². The summed E-state index contributed by atoms with van der Waals surface area (Å²) in [6.45, 7) is 7.35. The molecular formula is C20H28BrFN2O6S. The lowest BCUT2D eigenvalue weighted by atomic mass is 10.1. The number of rotatable bonds is 5. The third kappa shape index (κ3) is 6.80. The molecule has 1 aromatic rings. The number of ether oxygens (including phenoxy) is 2. The van der Waals surface area contributed by atoms with Gasteiger partial charge in [0.2, 0.25) is 12.3 Å². The van der Waals surface area contributed by atoms with Gasteiger partial charge in [0.05, 0.1) is 11.3 Å². The van der Waals surface area contributed by atoms with E-state index in [4.69, 9.17) is 9.47 Å². The van der Waals surface area contributed by atoms with Crippen LogP contribution in [-0.2, 0) is 19.4 Å². The number of alkyl halides is 1. The van der Waals surface area contributed by atoms with Gasteiger partial charge in [0.15, 0.2) is 9.84 Å². The fourth-order valence-electron chi connectivity index (χ4n) is 3.15. The van der Waals surface area contributed by atoms with Crippen molar-refractivity contribution in [1.82, 2.24) is 4.90 Å². The smallest absolute Gasteiger partial charge is 0.411 e. The van der Waals surface area contributed by atoms with Crippen LogP contribution < -0.4 is 9.64 Å². The molecule has 1 fully saturated rings. The van der Waals surface area contributed by atoms with Crippen molar-refractivity contribution in [2.45, 2.75) is 57.9 Å². The molecule has 174 valence electrons. The molecule has 3 atom stereocenters. The SMILES string of the molecule is CC(F)Oc1cc(Br)cc(N2C[C@@H](C(C)S(C)(=O)=O)N(C(=O)OC(C)(C)C)CC2=O)c1. The highest BCUT2D eigenvalue weighted by Crippen LogP contribution is 2.31.